The van der Waals surface area contributed by atoms with Gasteiger partial charge in [0.1, 0.15) is 0 Å². The van der Waals surface area contributed by atoms with Crippen molar-refractivity contribution in [2.45, 2.75) is 70.9 Å². The molecule has 3 aliphatic carbocycles. The molecule has 2 heteroatoms. The van der Waals surface area contributed by atoms with Crippen LogP contribution in [0.4, 0.5) is 0 Å². The highest BCUT2D eigenvalue weighted by Gasteiger charge is 2.39. The highest BCUT2D eigenvalue weighted by Crippen LogP contribution is 2.41. The molecular formula is C17H32N2. The predicted octanol–water partition coefficient (Wildman–Crippen LogP) is 3.28. The Morgan fingerprint density at radius 2 is 1.79 bits per heavy atom. The number of hydrogen-bond acceptors (Lipinski definition) is 2. The Labute approximate surface area is 119 Å². The summed E-state index contributed by atoms with van der Waals surface area (Å²) >= 11 is 0. The monoisotopic (exact) mass is 264 g/mol. The van der Waals surface area contributed by atoms with Gasteiger partial charge in [-0.15, -0.1) is 0 Å². The Morgan fingerprint density at radius 1 is 1.05 bits per heavy atom. The Balaban J connectivity index is 1.60. The van der Waals surface area contributed by atoms with E-state index in [0.29, 0.717) is 5.41 Å². The SMILES string of the molecule is CNC1CCC(C)(C)CC1CN(CC1CC1)C1CC1. The zero-order valence-corrected chi connectivity index (χ0v) is 13.1. The third-order valence-electron chi connectivity index (χ3n) is 5.61. The summed E-state index contributed by atoms with van der Waals surface area (Å²) in [7, 11) is 2.17. The van der Waals surface area contributed by atoms with Crippen LogP contribution in [0.3, 0.4) is 0 Å². The van der Waals surface area contributed by atoms with Crippen LogP contribution >= 0.6 is 0 Å². The average molecular weight is 264 g/mol. The molecule has 3 rings (SSSR count). The normalized spacial score (nSPS) is 34.7. The van der Waals surface area contributed by atoms with Gasteiger partial charge in [0.2, 0.25) is 0 Å². The van der Waals surface area contributed by atoms with E-state index in [2.05, 4.69) is 31.1 Å². The zero-order valence-electron chi connectivity index (χ0n) is 13.1. The van der Waals surface area contributed by atoms with Gasteiger partial charge in [-0.25, -0.2) is 0 Å². The average Bonchev–Trinajstić information content (AvgIpc) is 3.22. The van der Waals surface area contributed by atoms with Crippen molar-refractivity contribution >= 4 is 0 Å². The quantitative estimate of drug-likeness (QED) is 0.792. The molecule has 0 bridgehead atoms. The second-order valence-electron chi connectivity index (χ2n) is 8.19. The molecule has 2 unspecified atom stereocenters. The van der Waals surface area contributed by atoms with E-state index < -0.39 is 0 Å². The third-order valence-corrected chi connectivity index (χ3v) is 5.61. The van der Waals surface area contributed by atoms with E-state index in [1.807, 2.05) is 0 Å². The summed E-state index contributed by atoms with van der Waals surface area (Å²) in [5.41, 5.74) is 0.562. The first-order chi connectivity index (χ1) is 9.07. The summed E-state index contributed by atoms with van der Waals surface area (Å²) in [5.74, 6) is 1.92. The van der Waals surface area contributed by atoms with E-state index in [0.717, 1.165) is 23.9 Å². The van der Waals surface area contributed by atoms with E-state index in [4.69, 9.17) is 0 Å². The zero-order chi connectivity index (χ0) is 13.5. The maximum absolute atomic E-state index is 3.60. The molecule has 19 heavy (non-hydrogen) atoms. The Bertz CT molecular complexity index is 304. The molecule has 3 fully saturated rings. The lowest BCUT2D eigenvalue weighted by atomic mass is 9.69. The standard InChI is InChI=1S/C17H32N2/c1-17(2)9-8-16(18-3)14(10-17)12-19(15-6-7-15)11-13-4-5-13/h13-16,18H,4-12H2,1-3H3. The van der Waals surface area contributed by atoms with Crippen molar-refractivity contribution in [3.8, 4) is 0 Å². The highest BCUT2D eigenvalue weighted by molar-refractivity contribution is 4.94. The van der Waals surface area contributed by atoms with Crippen LogP contribution in [0.15, 0.2) is 0 Å². The van der Waals surface area contributed by atoms with Gasteiger partial charge in [-0.1, -0.05) is 13.8 Å². The molecule has 0 aromatic rings. The summed E-state index contributed by atoms with van der Waals surface area (Å²) < 4.78 is 0. The molecule has 0 radical (unpaired) electrons. The molecule has 0 aromatic heterocycles. The van der Waals surface area contributed by atoms with Crippen molar-refractivity contribution in [2.75, 3.05) is 20.1 Å². The fourth-order valence-electron chi connectivity index (χ4n) is 4.05. The molecule has 1 N–H and O–H groups in total. The molecule has 0 aliphatic heterocycles. The van der Waals surface area contributed by atoms with Gasteiger partial charge in [0.05, 0.1) is 0 Å². The molecule has 2 atom stereocenters. The summed E-state index contributed by atoms with van der Waals surface area (Å²) in [6.07, 6.45) is 10.1. The van der Waals surface area contributed by atoms with Crippen LogP contribution < -0.4 is 5.32 Å². The fraction of sp³-hybridized carbons (Fsp3) is 1.00. The maximum atomic E-state index is 3.60. The minimum atomic E-state index is 0.562. The Kier molecular flexibility index (Phi) is 3.92. The van der Waals surface area contributed by atoms with Gasteiger partial charge in [0.25, 0.3) is 0 Å². The smallest absolute Gasteiger partial charge is 0.0105 e. The lowest BCUT2D eigenvalue weighted by Gasteiger charge is -2.43. The minimum absolute atomic E-state index is 0.562. The lowest BCUT2D eigenvalue weighted by molar-refractivity contribution is 0.0977. The molecule has 0 aromatic carbocycles. The van der Waals surface area contributed by atoms with Gasteiger partial charge in [-0.05, 0) is 69.2 Å². The predicted molar refractivity (Wildman–Crippen MR) is 81.3 cm³/mol. The summed E-state index contributed by atoms with van der Waals surface area (Å²) in [4.78, 5) is 2.86. The second-order valence-corrected chi connectivity index (χ2v) is 8.19. The first-order valence-electron chi connectivity index (χ1n) is 8.49. The molecule has 0 amide bonds. The number of hydrogen-bond donors (Lipinski definition) is 1. The van der Waals surface area contributed by atoms with Crippen molar-refractivity contribution < 1.29 is 0 Å². The highest BCUT2D eigenvalue weighted by atomic mass is 15.2. The van der Waals surface area contributed by atoms with Crippen LogP contribution in [0, 0.1) is 17.3 Å². The molecule has 110 valence electrons. The van der Waals surface area contributed by atoms with Crippen LogP contribution in [0.5, 0.6) is 0 Å². The fourth-order valence-corrected chi connectivity index (χ4v) is 4.05. The summed E-state index contributed by atoms with van der Waals surface area (Å²) in [5, 5.41) is 3.60. The first-order valence-corrected chi connectivity index (χ1v) is 8.49. The topological polar surface area (TPSA) is 15.3 Å². The summed E-state index contributed by atoms with van der Waals surface area (Å²) in [6.45, 7) is 7.69. The molecule has 3 aliphatic rings. The second kappa shape index (κ2) is 5.37. The van der Waals surface area contributed by atoms with Crippen molar-refractivity contribution in [2.24, 2.45) is 17.3 Å². The minimum Gasteiger partial charge on any atom is -0.317 e. The third kappa shape index (κ3) is 3.72. The number of nitrogens with one attached hydrogen (secondary N) is 1. The number of rotatable bonds is 6. The van der Waals surface area contributed by atoms with Crippen LogP contribution in [-0.4, -0.2) is 37.1 Å². The van der Waals surface area contributed by atoms with Crippen LogP contribution in [0.1, 0.15) is 58.8 Å². The van der Waals surface area contributed by atoms with E-state index in [1.165, 1.54) is 58.0 Å². The van der Waals surface area contributed by atoms with Gasteiger partial charge in [0, 0.05) is 25.2 Å². The summed E-state index contributed by atoms with van der Waals surface area (Å²) in [6, 6.07) is 1.71. The van der Waals surface area contributed by atoms with Gasteiger partial charge < -0.3 is 5.32 Å². The van der Waals surface area contributed by atoms with E-state index in [-0.39, 0.29) is 0 Å². The number of nitrogens with zero attached hydrogens (tertiary/aromatic N) is 1. The van der Waals surface area contributed by atoms with E-state index in [1.54, 1.807) is 0 Å². The van der Waals surface area contributed by atoms with Crippen molar-refractivity contribution in [3.05, 3.63) is 0 Å². The largest absolute Gasteiger partial charge is 0.317 e. The van der Waals surface area contributed by atoms with Crippen LogP contribution in [-0.2, 0) is 0 Å². The maximum Gasteiger partial charge on any atom is 0.0105 e. The van der Waals surface area contributed by atoms with Gasteiger partial charge in [-0.3, -0.25) is 4.90 Å². The molecule has 2 nitrogen and oxygen atoms in total. The van der Waals surface area contributed by atoms with Crippen LogP contribution in [0.25, 0.3) is 0 Å². The van der Waals surface area contributed by atoms with Crippen LogP contribution in [0.2, 0.25) is 0 Å². The molecule has 0 spiro atoms. The van der Waals surface area contributed by atoms with Crippen molar-refractivity contribution in [3.63, 3.8) is 0 Å². The van der Waals surface area contributed by atoms with Gasteiger partial charge >= 0.3 is 0 Å². The van der Waals surface area contributed by atoms with Gasteiger partial charge in [0.15, 0.2) is 0 Å². The van der Waals surface area contributed by atoms with E-state index >= 15 is 0 Å². The van der Waals surface area contributed by atoms with Gasteiger partial charge in [-0.2, -0.15) is 0 Å². The van der Waals surface area contributed by atoms with Crippen molar-refractivity contribution in [1.29, 1.82) is 0 Å². The molecule has 0 saturated heterocycles. The Hall–Kier alpha value is -0.0800. The molecule has 3 saturated carbocycles. The van der Waals surface area contributed by atoms with Crippen molar-refractivity contribution in [1.82, 2.24) is 10.2 Å². The lowest BCUT2D eigenvalue weighted by Crippen LogP contribution is -2.47. The van der Waals surface area contributed by atoms with E-state index in [9.17, 15) is 0 Å². The Morgan fingerprint density at radius 3 is 2.37 bits per heavy atom. The molecule has 0 heterocycles. The first kappa shape index (κ1) is 13.9. The molecular weight excluding hydrogens is 232 g/mol.